The lowest BCUT2D eigenvalue weighted by Crippen LogP contribution is -2.41. The summed E-state index contributed by atoms with van der Waals surface area (Å²) in [6, 6.07) is 57.8. The third kappa shape index (κ3) is 5.74. The van der Waals surface area contributed by atoms with Gasteiger partial charge in [-0.3, -0.25) is 0 Å². The fraction of sp³-hybridized carbons (Fsp3) is 0.109. The Bertz CT molecular complexity index is 3140. The molecule has 8 nitrogen and oxygen atoms in total. The molecule has 1 unspecified atom stereocenters. The standard InChI is InChI=1S/C55H40N6O2/c1-55(2)39-21-7-6-19-36(39)51-37(20-16-22-40(51)55)53-57-52(34-17-4-3-5-18-34)58-54(59-53)38-31-35(33-56)45(60-41-23-8-12-27-47(41)62-48-28-13-9-24-42(48)60)32-46(38)61-43-25-10-14-29-49(43)63-50-30-15-11-26-44(50)61/h3-15,17-19,21-32,53H,16,20H2,1-2H3,(H,57,58,59). The second-order valence-electron chi connectivity index (χ2n) is 16.8. The number of fused-ring (bicyclic) bond motifs is 7. The summed E-state index contributed by atoms with van der Waals surface area (Å²) in [6.07, 6.45) is 3.74. The van der Waals surface area contributed by atoms with E-state index in [0.717, 1.165) is 52.4 Å². The van der Waals surface area contributed by atoms with E-state index >= 15 is 0 Å². The number of aliphatic imine (C=N–C) groups is 2. The summed E-state index contributed by atoms with van der Waals surface area (Å²) >= 11 is 0. The smallest absolute Gasteiger partial charge is 0.159 e. The molecule has 1 atom stereocenters. The number of rotatable bonds is 5. The monoisotopic (exact) mass is 816 g/mol. The number of hydrogen-bond donors (Lipinski definition) is 1. The topological polar surface area (TPSA) is 85.5 Å². The van der Waals surface area contributed by atoms with E-state index in [1.165, 1.54) is 27.8 Å². The van der Waals surface area contributed by atoms with Crippen LogP contribution in [0.15, 0.2) is 191 Å². The van der Waals surface area contributed by atoms with Crippen molar-refractivity contribution < 1.29 is 9.47 Å². The van der Waals surface area contributed by atoms with Crippen molar-refractivity contribution >= 4 is 51.4 Å². The van der Waals surface area contributed by atoms with Crippen molar-refractivity contribution in [1.29, 1.82) is 5.26 Å². The molecule has 2 aliphatic carbocycles. The molecule has 0 saturated heterocycles. The zero-order chi connectivity index (χ0) is 42.2. The highest BCUT2D eigenvalue weighted by Crippen LogP contribution is 2.56. The van der Waals surface area contributed by atoms with Crippen LogP contribution >= 0.6 is 0 Å². The highest BCUT2D eigenvalue weighted by molar-refractivity contribution is 6.17. The molecule has 0 spiro atoms. The zero-order valence-electron chi connectivity index (χ0n) is 34.7. The van der Waals surface area contributed by atoms with Crippen molar-refractivity contribution in [3.05, 3.63) is 209 Å². The van der Waals surface area contributed by atoms with Gasteiger partial charge in [-0.05, 0) is 101 Å². The maximum Gasteiger partial charge on any atom is 0.159 e. The molecule has 8 heteroatoms. The summed E-state index contributed by atoms with van der Waals surface area (Å²) in [5, 5.41) is 15.2. The van der Waals surface area contributed by atoms with Crippen LogP contribution in [0.4, 0.5) is 34.1 Å². The zero-order valence-corrected chi connectivity index (χ0v) is 34.7. The number of allylic oxidation sites excluding steroid dienone is 3. The number of amidine groups is 2. The number of para-hydroxylation sites is 8. The van der Waals surface area contributed by atoms with E-state index in [1.807, 2.05) is 109 Å². The van der Waals surface area contributed by atoms with E-state index < -0.39 is 6.17 Å². The molecule has 0 saturated carbocycles. The molecular formula is C55H40N6O2. The van der Waals surface area contributed by atoms with Crippen LogP contribution in [-0.2, 0) is 5.41 Å². The molecule has 0 fully saturated rings. The minimum absolute atomic E-state index is 0.145. The second kappa shape index (κ2) is 14.2. The van der Waals surface area contributed by atoms with E-state index in [-0.39, 0.29) is 5.41 Å². The first-order valence-electron chi connectivity index (χ1n) is 21.4. The molecule has 1 N–H and O–H groups in total. The molecule has 0 aromatic heterocycles. The van der Waals surface area contributed by atoms with E-state index in [2.05, 4.69) is 95.7 Å². The van der Waals surface area contributed by atoms with Gasteiger partial charge in [0.1, 0.15) is 18.1 Å². The summed E-state index contributed by atoms with van der Waals surface area (Å²) in [4.78, 5) is 15.2. The van der Waals surface area contributed by atoms with Crippen molar-refractivity contribution in [3.63, 3.8) is 0 Å². The van der Waals surface area contributed by atoms with Gasteiger partial charge in [-0.1, -0.05) is 123 Å². The molecule has 0 bridgehead atoms. The molecular weight excluding hydrogens is 777 g/mol. The lowest BCUT2D eigenvalue weighted by Gasteiger charge is -2.37. The molecule has 63 heavy (non-hydrogen) atoms. The number of hydrogen-bond acceptors (Lipinski definition) is 8. The Hall–Kier alpha value is -8.15. The normalized spacial score (nSPS) is 17.4. The van der Waals surface area contributed by atoms with Gasteiger partial charge in [0.05, 0.1) is 39.7 Å². The van der Waals surface area contributed by atoms with Crippen molar-refractivity contribution in [2.75, 3.05) is 9.80 Å². The Morgan fingerprint density at radius 2 is 1.16 bits per heavy atom. The van der Waals surface area contributed by atoms with Crippen LogP contribution in [0, 0.1) is 11.3 Å². The summed E-state index contributed by atoms with van der Waals surface area (Å²) in [6.45, 7) is 4.65. The Balaban J connectivity index is 1.12. The Kier molecular flexibility index (Phi) is 8.28. The first-order chi connectivity index (χ1) is 31.0. The van der Waals surface area contributed by atoms with Crippen molar-refractivity contribution in [2.45, 2.75) is 38.3 Å². The summed E-state index contributed by atoms with van der Waals surface area (Å²) in [5.41, 5.74) is 13.3. The van der Waals surface area contributed by atoms with Gasteiger partial charge in [-0.2, -0.15) is 5.26 Å². The largest absolute Gasteiger partial charge is 0.453 e. The van der Waals surface area contributed by atoms with Gasteiger partial charge in [0.15, 0.2) is 28.8 Å². The van der Waals surface area contributed by atoms with Gasteiger partial charge in [-0.15, -0.1) is 0 Å². The van der Waals surface area contributed by atoms with Gasteiger partial charge >= 0.3 is 0 Å². The summed E-state index contributed by atoms with van der Waals surface area (Å²) < 4.78 is 13.0. The minimum atomic E-state index is -0.436. The van der Waals surface area contributed by atoms with Crippen LogP contribution < -0.4 is 24.6 Å². The highest BCUT2D eigenvalue weighted by Gasteiger charge is 2.42. The third-order valence-corrected chi connectivity index (χ3v) is 12.8. The van der Waals surface area contributed by atoms with Crippen LogP contribution in [0.25, 0.3) is 5.57 Å². The van der Waals surface area contributed by atoms with E-state index in [0.29, 0.717) is 45.9 Å². The number of anilines is 6. The van der Waals surface area contributed by atoms with Crippen molar-refractivity contribution in [1.82, 2.24) is 5.32 Å². The number of nitriles is 1. The van der Waals surface area contributed by atoms with Gasteiger partial charge in [0, 0.05) is 16.5 Å². The van der Waals surface area contributed by atoms with Crippen LogP contribution in [0.1, 0.15) is 54.5 Å². The number of nitrogens with one attached hydrogen (secondary N) is 1. The maximum absolute atomic E-state index is 11.3. The average molecular weight is 817 g/mol. The van der Waals surface area contributed by atoms with Crippen LogP contribution in [0.2, 0.25) is 0 Å². The predicted molar refractivity (Wildman–Crippen MR) is 251 cm³/mol. The molecule has 5 aliphatic rings. The lowest BCUT2D eigenvalue weighted by molar-refractivity contribution is 0.477. The van der Waals surface area contributed by atoms with Crippen molar-refractivity contribution in [3.8, 4) is 29.1 Å². The average Bonchev–Trinajstić information content (AvgIpc) is 3.58. The number of ether oxygens (including phenoxy) is 2. The molecule has 7 aromatic rings. The minimum Gasteiger partial charge on any atom is -0.453 e. The molecule has 302 valence electrons. The molecule has 12 rings (SSSR count). The van der Waals surface area contributed by atoms with Gasteiger partial charge in [-0.25, -0.2) is 9.98 Å². The lowest BCUT2D eigenvalue weighted by atomic mass is 9.78. The third-order valence-electron chi connectivity index (χ3n) is 12.8. The number of nitrogens with zero attached hydrogens (tertiary/aromatic N) is 5. The van der Waals surface area contributed by atoms with Gasteiger partial charge in [0.2, 0.25) is 0 Å². The fourth-order valence-electron chi connectivity index (χ4n) is 9.96. The maximum atomic E-state index is 11.3. The first-order valence-corrected chi connectivity index (χ1v) is 21.4. The molecule has 3 heterocycles. The van der Waals surface area contributed by atoms with Gasteiger partial charge in [0.25, 0.3) is 0 Å². The van der Waals surface area contributed by atoms with Gasteiger partial charge < -0.3 is 24.6 Å². The van der Waals surface area contributed by atoms with Crippen LogP contribution in [-0.4, -0.2) is 17.8 Å². The van der Waals surface area contributed by atoms with Crippen LogP contribution in [0.5, 0.6) is 23.0 Å². The van der Waals surface area contributed by atoms with E-state index in [4.69, 9.17) is 19.5 Å². The fourth-order valence-corrected chi connectivity index (χ4v) is 9.96. The Labute approximate surface area is 366 Å². The first kappa shape index (κ1) is 36.7. The SMILES string of the molecule is CC1(C)C2=CCCC(C3N=C(c4ccccc4)N=C(c4cc(C#N)c(N5c6ccccc6Oc6ccccc65)cc4N4c5ccccc5Oc5ccccc54)N3)=C2c2ccccc21. The second-order valence-corrected chi connectivity index (χ2v) is 16.8. The molecule has 0 radical (unpaired) electrons. The van der Waals surface area contributed by atoms with Crippen molar-refractivity contribution in [2.24, 2.45) is 9.98 Å². The van der Waals surface area contributed by atoms with Crippen LogP contribution in [0.3, 0.4) is 0 Å². The highest BCUT2D eigenvalue weighted by atomic mass is 16.5. The molecule has 3 aliphatic heterocycles. The Morgan fingerprint density at radius 3 is 1.76 bits per heavy atom. The molecule has 7 aromatic carbocycles. The summed E-state index contributed by atoms with van der Waals surface area (Å²) in [7, 11) is 0. The quantitative estimate of drug-likeness (QED) is 0.186. The van der Waals surface area contributed by atoms with E-state index in [1.54, 1.807) is 0 Å². The summed E-state index contributed by atoms with van der Waals surface area (Å²) in [5.74, 6) is 4.07. The molecule has 0 amide bonds. The van der Waals surface area contributed by atoms with E-state index in [9.17, 15) is 5.26 Å². The number of benzene rings is 7. The Morgan fingerprint density at radius 1 is 0.619 bits per heavy atom. The predicted octanol–water partition coefficient (Wildman–Crippen LogP) is 13.3.